The van der Waals surface area contributed by atoms with E-state index in [1.807, 2.05) is 6.92 Å². The fourth-order valence-electron chi connectivity index (χ4n) is 2.44. The third-order valence-corrected chi connectivity index (χ3v) is 6.43. The summed E-state index contributed by atoms with van der Waals surface area (Å²) < 4.78 is 28.7. The molecule has 1 aliphatic rings. The first-order chi connectivity index (χ1) is 8.97. The molecule has 0 saturated carbocycles. The van der Waals surface area contributed by atoms with Gasteiger partial charge in [-0.05, 0) is 18.8 Å². The number of piperidine rings is 1. The molecule has 6 heteroatoms. The molecule has 0 aromatic heterocycles. The molecule has 19 heavy (non-hydrogen) atoms. The Bertz CT molecular complexity index is 362. The van der Waals surface area contributed by atoms with E-state index < -0.39 is 10.2 Å². The molecule has 1 heterocycles. The summed E-state index contributed by atoms with van der Waals surface area (Å²) in [5, 5.41) is 0. The monoisotopic (exact) mass is 310 g/mol. The van der Waals surface area contributed by atoms with Gasteiger partial charge in [-0.15, -0.1) is 11.6 Å². The molecular formula is C13H27ClN2O2S. The molecule has 0 bridgehead atoms. The van der Waals surface area contributed by atoms with Gasteiger partial charge in [-0.2, -0.15) is 17.0 Å². The third kappa shape index (κ3) is 4.31. The van der Waals surface area contributed by atoms with Crippen LogP contribution in [-0.4, -0.2) is 48.6 Å². The van der Waals surface area contributed by atoms with Crippen molar-refractivity contribution in [1.82, 2.24) is 8.61 Å². The second-order valence-corrected chi connectivity index (χ2v) is 7.58. The van der Waals surface area contributed by atoms with Gasteiger partial charge in [-0.25, -0.2) is 0 Å². The summed E-state index contributed by atoms with van der Waals surface area (Å²) >= 11 is 5.94. The second-order valence-electron chi connectivity index (χ2n) is 5.39. The van der Waals surface area contributed by atoms with Gasteiger partial charge in [0.1, 0.15) is 0 Å². The maximum atomic E-state index is 12.7. The van der Waals surface area contributed by atoms with Crippen molar-refractivity contribution < 1.29 is 8.42 Å². The van der Waals surface area contributed by atoms with Crippen molar-refractivity contribution in [2.75, 3.05) is 25.5 Å². The zero-order valence-electron chi connectivity index (χ0n) is 12.3. The van der Waals surface area contributed by atoms with Crippen LogP contribution >= 0.6 is 11.6 Å². The summed E-state index contributed by atoms with van der Waals surface area (Å²) in [6.45, 7) is 7.82. The Kier molecular flexibility index (Phi) is 7.08. The molecule has 0 aromatic rings. The first-order valence-electron chi connectivity index (χ1n) is 7.30. The van der Waals surface area contributed by atoms with E-state index >= 15 is 0 Å². The summed E-state index contributed by atoms with van der Waals surface area (Å²) in [6.07, 6.45) is 3.88. The minimum atomic E-state index is -3.36. The van der Waals surface area contributed by atoms with Gasteiger partial charge in [0.2, 0.25) is 0 Å². The average molecular weight is 311 g/mol. The fraction of sp³-hybridized carbons (Fsp3) is 1.00. The Morgan fingerprint density at radius 2 is 2.05 bits per heavy atom. The maximum absolute atomic E-state index is 12.7. The van der Waals surface area contributed by atoms with E-state index in [0.29, 0.717) is 31.4 Å². The van der Waals surface area contributed by atoms with Crippen LogP contribution < -0.4 is 0 Å². The number of hydrogen-bond donors (Lipinski definition) is 0. The quantitative estimate of drug-likeness (QED) is 0.678. The fourth-order valence-corrected chi connectivity index (χ4v) is 4.83. The van der Waals surface area contributed by atoms with Crippen molar-refractivity contribution in [3.63, 3.8) is 0 Å². The number of nitrogens with zero attached hydrogens (tertiary/aromatic N) is 2. The van der Waals surface area contributed by atoms with Crippen molar-refractivity contribution in [2.24, 2.45) is 5.92 Å². The van der Waals surface area contributed by atoms with Crippen LogP contribution in [0.15, 0.2) is 0 Å². The van der Waals surface area contributed by atoms with E-state index in [0.717, 1.165) is 25.7 Å². The summed E-state index contributed by atoms with van der Waals surface area (Å²) in [6, 6.07) is -0.0357. The number of hydrogen-bond acceptors (Lipinski definition) is 2. The Hall–Kier alpha value is 0.160. The molecule has 0 spiro atoms. The SMILES string of the molecule is CCC(C)CN(CC)S(=O)(=O)N1CCCCC1CCl. The zero-order valence-corrected chi connectivity index (χ0v) is 13.9. The van der Waals surface area contributed by atoms with Crippen molar-refractivity contribution in [1.29, 1.82) is 0 Å². The number of alkyl halides is 1. The van der Waals surface area contributed by atoms with Crippen LogP contribution in [0.25, 0.3) is 0 Å². The molecule has 1 aliphatic heterocycles. The van der Waals surface area contributed by atoms with Gasteiger partial charge in [-0.1, -0.05) is 33.6 Å². The van der Waals surface area contributed by atoms with E-state index in [1.165, 1.54) is 0 Å². The predicted octanol–water partition coefficient (Wildman–Crippen LogP) is 2.69. The average Bonchev–Trinajstić information content (AvgIpc) is 2.43. The smallest absolute Gasteiger partial charge is 0.195 e. The van der Waals surface area contributed by atoms with Gasteiger partial charge < -0.3 is 0 Å². The molecule has 4 nitrogen and oxygen atoms in total. The topological polar surface area (TPSA) is 40.6 Å². The predicted molar refractivity (Wildman–Crippen MR) is 80.7 cm³/mol. The van der Waals surface area contributed by atoms with Crippen molar-refractivity contribution in [3.8, 4) is 0 Å². The van der Waals surface area contributed by atoms with Crippen LogP contribution in [0.4, 0.5) is 0 Å². The van der Waals surface area contributed by atoms with Gasteiger partial charge >= 0.3 is 0 Å². The highest BCUT2D eigenvalue weighted by Gasteiger charge is 2.35. The zero-order chi connectivity index (χ0) is 14.5. The van der Waals surface area contributed by atoms with Crippen LogP contribution in [0, 0.1) is 5.92 Å². The van der Waals surface area contributed by atoms with Crippen LogP contribution in [0.3, 0.4) is 0 Å². The Morgan fingerprint density at radius 3 is 2.58 bits per heavy atom. The minimum absolute atomic E-state index is 0.0357. The summed E-state index contributed by atoms with van der Waals surface area (Å²) in [7, 11) is -3.36. The van der Waals surface area contributed by atoms with Crippen LogP contribution in [0.5, 0.6) is 0 Å². The number of halogens is 1. The first-order valence-corrected chi connectivity index (χ1v) is 9.23. The van der Waals surface area contributed by atoms with Gasteiger partial charge in [0.25, 0.3) is 10.2 Å². The molecule has 2 unspecified atom stereocenters. The summed E-state index contributed by atoms with van der Waals surface area (Å²) in [5.41, 5.74) is 0. The highest BCUT2D eigenvalue weighted by molar-refractivity contribution is 7.86. The van der Waals surface area contributed by atoms with Crippen molar-refractivity contribution >= 4 is 21.8 Å². The lowest BCUT2D eigenvalue weighted by molar-refractivity contribution is 0.241. The molecule has 2 atom stereocenters. The standard InChI is InChI=1S/C13H27ClN2O2S/c1-4-12(3)11-15(5-2)19(17,18)16-9-7-6-8-13(16)10-14/h12-13H,4-11H2,1-3H3. The number of rotatable bonds is 7. The Morgan fingerprint density at radius 1 is 1.37 bits per heavy atom. The lowest BCUT2D eigenvalue weighted by Crippen LogP contribution is -2.52. The summed E-state index contributed by atoms with van der Waals surface area (Å²) in [4.78, 5) is 0. The first kappa shape index (κ1) is 17.2. The molecule has 0 amide bonds. The Labute approximate surface area is 123 Å². The second kappa shape index (κ2) is 7.81. The summed E-state index contributed by atoms with van der Waals surface area (Å²) in [5.74, 6) is 0.772. The van der Waals surface area contributed by atoms with Crippen LogP contribution in [-0.2, 0) is 10.2 Å². The van der Waals surface area contributed by atoms with Gasteiger partial charge in [0.15, 0.2) is 0 Å². The molecule has 1 rings (SSSR count). The maximum Gasteiger partial charge on any atom is 0.282 e. The van der Waals surface area contributed by atoms with Crippen LogP contribution in [0.1, 0.15) is 46.5 Å². The molecule has 0 N–H and O–H groups in total. The molecule has 1 fully saturated rings. The van der Waals surface area contributed by atoms with E-state index in [-0.39, 0.29) is 6.04 Å². The van der Waals surface area contributed by atoms with Crippen molar-refractivity contribution in [3.05, 3.63) is 0 Å². The highest BCUT2D eigenvalue weighted by Crippen LogP contribution is 2.24. The molecule has 0 radical (unpaired) electrons. The van der Waals surface area contributed by atoms with E-state index in [2.05, 4.69) is 13.8 Å². The van der Waals surface area contributed by atoms with E-state index in [9.17, 15) is 8.42 Å². The van der Waals surface area contributed by atoms with Crippen molar-refractivity contribution in [2.45, 2.75) is 52.5 Å². The minimum Gasteiger partial charge on any atom is -0.195 e. The van der Waals surface area contributed by atoms with E-state index in [1.54, 1.807) is 8.61 Å². The molecule has 1 saturated heterocycles. The van der Waals surface area contributed by atoms with E-state index in [4.69, 9.17) is 11.6 Å². The molecule has 114 valence electrons. The normalized spacial score (nSPS) is 23.7. The largest absolute Gasteiger partial charge is 0.282 e. The highest BCUT2D eigenvalue weighted by atomic mass is 35.5. The van der Waals surface area contributed by atoms with Crippen LogP contribution in [0.2, 0.25) is 0 Å². The van der Waals surface area contributed by atoms with Gasteiger partial charge in [-0.3, -0.25) is 0 Å². The van der Waals surface area contributed by atoms with Gasteiger partial charge in [0, 0.05) is 31.6 Å². The Balaban J connectivity index is 2.86. The van der Waals surface area contributed by atoms with Gasteiger partial charge in [0.05, 0.1) is 0 Å². The molecule has 0 aromatic carbocycles. The lowest BCUT2D eigenvalue weighted by Gasteiger charge is -2.37. The lowest BCUT2D eigenvalue weighted by atomic mass is 10.1. The molecular weight excluding hydrogens is 284 g/mol. The molecule has 0 aliphatic carbocycles. The third-order valence-electron chi connectivity index (χ3n) is 3.94.